The van der Waals surface area contributed by atoms with Gasteiger partial charge in [0.25, 0.3) is 8.32 Å². The Balaban J connectivity index is 0.00000400. The number of rotatable bonds is 9. The van der Waals surface area contributed by atoms with Crippen LogP contribution >= 0.6 is 0 Å². The van der Waals surface area contributed by atoms with E-state index in [0.717, 1.165) is 24.8 Å². The number of hydrogen-bond donors (Lipinski definition) is 0. The molecule has 5 heteroatoms. The van der Waals surface area contributed by atoms with Gasteiger partial charge in [-0.2, -0.15) is 18.6 Å². The van der Waals surface area contributed by atoms with E-state index >= 15 is 0 Å². The van der Waals surface area contributed by atoms with Gasteiger partial charge in [-0.25, -0.2) is 0 Å². The van der Waals surface area contributed by atoms with Crippen molar-refractivity contribution in [2.24, 2.45) is 0 Å². The quantitative estimate of drug-likeness (QED) is 0.319. The van der Waals surface area contributed by atoms with E-state index in [1.165, 1.54) is 23.2 Å². The smallest absolute Gasteiger partial charge is 0.406 e. The molecule has 0 radical (unpaired) electrons. The molecule has 4 rings (SSSR count). The van der Waals surface area contributed by atoms with Crippen LogP contribution in [0.3, 0.4) is 0 Å². The fourth-order valence-electron chi connectivity index (χ4n) is 6.33. The molecular formula is C33H42LiNO2Si. The summed E-state index contributed by atoms with van der Waals surface area (Å²) in [7, 11) is -2.67. The van der Waals surface area contributed by atoms with Crippen LogP contribution in [0, 0.1) is 6.92 Å². The normalized spacial score (nSPS) is 15.1. The number of amides is 1. The summed E-state index contributed by atoms with van der Waals surface area (Å²) >= 11 is 0. The van der Waals surface area contributed by atoms with Crippen molar-refractivity contribution in [3.8, 4) is 0 Å². The van der Waals surface area contributed by atoms with E-state index in [1.807, 2.05) is 24.3 Å². The van der Waals surface area contributed by atoms with Crippen LogP contribution in [0.25, 0.3) is 0 Å². The second-order valence-corrected chi connectivity index (χ2v) is 15.7. The van der Waals surface area contributed by atoms with Crippen LogP contribution < -0.4 is 29.2 Å². The summed E-state index contributed by atoms with van der Waals surface area (Å²) < 4.78 is 7.19. The molecule has 3 aromatic carbocycles. The Morgan fingerprint density at radius 3 is 1.87 bits per heavy atom. The molecule has 0 unspecified atom stereocenters. The number of nitrogens with zero attached hydrogens (tertiary/aromatic N) is 1. The molecule has 0 aliphatic heterocycles. The molecule has 1 aliphatic carbocycles. The Labute approximate surface area is 243 Å². The minimum absolute atomic E-state index is 0. The topological polar surface area (TPSA) is 29.5 Å². The first kappa shape index (κ1) is 30.3. The van der Waals surface area contributed by atoms with Gasteiger partial charge >= 0.3 is 18.9 Å². The largest absolute Gasteiger partial charge is 1.00 e. The van der Waals surface area contributed by atoms with Gasteiger partial charge in [0.05, 0.1) is 6.61 Å². The summed E-state index contributed by atoms with van der Waals surface area (Å²) in [5, 5.41) is 2.43. The van der Waals surface area contributed by atoms with E-state index in [2.05, 4.69) is 100 Å². The maximum Gasteiger partial charge on any atom is 1.00 e. The molecule has 3 nitrogen and oxygen atoms in total. The number of carbonyl (C=O) groups excluding carboxylic acids is 1. The molecule has 0 atom stereocenters. The third-order valence-electron chi connectivity index (χ3n) is 8.31. The predicted octanol–water partition coefficient (Wildman–Crippen LogP) is 3.61. The number of benzene rings is 3. The standard InChI is InChI=1S/C33H42NO2Si.Li/c1-6-33(23-15-16-24-33)34(31(35)30-22-14-13-17-27(30)2)25-26-36-37(32(3,4)5,28-18-9-7-10-19-28)29-20-11-8-12-21-29;/h7-14,17-22H,2,6,15-16,23-26H2,1,3-5H3;/q-1;+1. The van der Waals surface area contributed by atoms with E-state index in [9.17, 15) is 4.79 Å². The molecule has 3 aromatic rings. The fraction of sp³-hybridized carbons (Fsp3) is 0.394. The molecule has 0 spiro atoms. The van der Waals surface area contributed by atoms with Crippen LogP contribution in [0.4, 0.5) is 0 Å². The molecule has 196 valence electrons. The van der Waals surface area contributed by atoms with Crippen molar-refractivity contribution in [2.45, 2.75) is 70.4 Å². The van der Waals surface area contributed by atoms with Gasteiger partial charge in [0.2, 0.25) is 0 Å². The third-order valence-corrected chi connectivity index (χ3v) is 13.4. The van der Waals surface area contributed by atoms with Crippen LogP contribution in [0.15, 0.2) is 84.9 Å². The van der Waals surface area contributed by atoms with Gasteiger partial charge < -0.3 is 9.33 Å². The summed E-state index contributed by atoms with van der Waals surface area (Å²) in [6, 6.07) is 29.2. The Kier molecular flexibility index (Phi) is 10.2. The van der Waals surface area contributed by atoms with Crippen molar-refractivity contribution in [2.75, 3.05) is 13.2 Å². The van der Waals surface area contributed by atoms with Crippen molar-refractivity contribution in [1.29, 1.82) is 0 Å². The second kappa shape index (κ2) is 12.8. The third kappa shape index (κ3) is 5.85. The van der Waals surface area contributed by atoms with E-state index in [-0.39, 0.29) is 35.3 Å². The van der Waals surface area contributed by atoms with Gasteiger partial charge in [-0.05, 0) is 34.7 Å². The Morgan fingerprint density at radius 1 is 0.895 bits per heavy atom. The second-order valence-electron chi connectivity index (χ2n) is 11.4. The zero-order chi connectivity index (χ0) is 26.5. The first-order valence-electron chi connectivity index (χ1n) is 13.7. The number of hydrogen-bond acceptors (Lipinski definition) is 2. The molecule has 1 amide bonds. The summed E-state index contributed by atoms with van der Waals surface area (Å²) in [6.07, 6.45) is 5.39. The van der Waals surface area contributed by atoms with Crippen LogP contribution in [0.1, 0.15) is 75.7 Å². The van der Waals surface area contributed by atoms with Crippen molar-refractivity contribution in [1.82, 2.24) is 4.90 Å². The van der Waals surface area contributed by atoms with E-state index in [0.29, 0.717) is 18.7 Å². The molecule has 0 saturated heterocycles. The van der Waals surface area contributed by atoms with Crippen molar-refractivity contribution in [3.63, 3.8) is 0 Å². The molecule has 1 fully saturated rings. The van der Waals surface area contributed by atoms with Gasteiger partial charge in [0.1, 0.15) is 0 Å². The Hall–Kier alpha value is -2.23. The van der Waals surface area contributed by atoms with Crippen LogP contribution in [-0.4, -0.2) is 37.8 Å². The average molecular weight is 520 g/mol. The van der Waals surface area contributed by atoms with Crippen molar-refractivity contribution in [3.05, 3.63) is 103 Å². The summed E-state index contributed by atoms with van der Waals surface area (Å²) in [5.74, 6) is 0.0837. The minimum atomic E-state index is -2.67. The van der Waals surface area contributed by atoms with Crippen molar-refractivity contribution < 1.29 is 28.1 Å². The van der Waals surface area contributed by atoms with Gasteiger partial charge in [-0.15, -0.1) is 12.1 Å². The molecule has 0 aromatic heterocycles. The van der Waals surface area contributed by atoms with Crippen LogP contribution in [-0.2, 0) is 4.43 Å². The van der Waals surface area contributed by atoms with E-state index < -0.39 is 8.32 Å². The van der Waals surface area contributed by atoms with Gasteiger partial charge in [0, 0.05) is 12.1 Å². The average Bonchev–Trinajstić information content (AvgIpc) is 3.39. The molecule has 0 N–H and O–H groups in total. The maximum absolute atomic E-state index is 14.1. The van der Waals surface area contributed by atoms with Gasteiger partial charge in [-0.3, -0.25) is 4.79 Å². The number of carbonyl (C=O) groups is 1. The molecule has 1 saturated carbocycles. The van der Waals surface area contributed by atoms with Gasteiger partial charge in [-0.1, -0.05) is 113 Å². The first-order valence-corrected chi connectivity index (χ1v) is 15.6. The van der Waals surface area contributed by atoms with Crippen molar-refractivity contribution >= 4 is 24.6 Å². The zero-order valence-electron chi connectivity index (χ0n) is 24.0. The SMILES string of the molecule is [CH2-]c1ccccc1C(=O)N(CCO[Si](c1ccccc1)(c1ccccc1)C(C)(C)C)C1(CC)CCCC1.[Li+]. The van der Waals surface area contributed by atoms with Crippen LogP contribution in [0.2, 0.25) is 5.04 Å². The van der Waals surface area contributed by atoms with Crippen LogP contribution in [0.5, 0.6) is 0 Å². The maximum atomic E-state index is 14.1. The minimum Gasteiger partial charge on any atom is -0.406 e. The molecular weight excluding hydrogens is 477 g/mol. The summed E-state index contributed by atoms with van der Waals surface area (Å²) in [5.41, 5.74) is 1.37. The molecule has 0 bridgehead atoms. The predicted molar refractivity (Wildman–Crippen MR) is 157 cm³/mol. The van der Waals surface area contributed by atoms with Gasteiger partial charge in [0.15, 0.2) is 5.91 Å². The first-order chi connectivity index (χ1) is 17.7. The monoisotopic (exact) mass is 519 g/mol. The Bertz CT molecular complexity index is 1130. The molecule has 1 aliphatic rings. The molecule has 0 heterocycles. The zero-order valence-corrected chi connectivity index (χ0v) is 25.0. The fourth-order valence-corrected chi connectivity index (χ4v) is 10.9. The van der Waals surface area contributed by atoms with E-state index in [1.54, 1.807) is 0 Å². The Morgan fingerprint density at radius 2 is 1.39 bits per heavy atom. The molecule has 38 heavy (non-hydrogen) atoms. The van der Waals surface area contributed by atoms with E-state index in [4.69, 9.17) is 4.43 Å². The summed E-state index contributed by atoms with van der Waals surface area (Å²) in [4.78, 5) is 16.2. The summed E-state index contributed by atoms with van der Waals surface area (Å²) in [6.45, 7) is 14.4.